The molecule has 1 N–H and O–H groups in total. The maximum Gasteiger partial charge on any atom is 0.317 e. The normalized spacial score (nSPS) is 18.5. The summed E-state index contributed by atoms with van der Waals surface area (Å²) in [5.41, 5.74) is 1.05. The molecular formula is C18H28ClN3O. The molecule has 23 heavy (non-hydrogen) atoms. The minimum Gasteiger partial charge on any atom is -0.337 e. The third-order valence-corrected chi connectivity index (χ3v) is 4.76. The second-order valence-electron chi connectivity index (χ2n) is 7.41. The molecule has 0 aromatic heterocycles. The molecule has 0 unspecified atom stereocenters. The fourth-order valence-corrected chi connectivity index (χ4v) is 3.22. The number of urea groups is 1. The molecular weight excluding hydrogens is 310 g/mol. The van der Waals surface area contributed by atoms with Crippen LogP contribution >= 0.6 is 11.6 Å². The standard InChI is InChI=1S/C18H28ClN3O/c1-18(2,15-5-7-16(19)8-6-15)13-20-17(23)22-10-9-14(12-22)11-21(3)4/h5-8,14H,9-13H2,1-4H3,(H,20,23)/t14-/m1/s1. The fraction of sp³-hybridized carbons (Fsp3) is 0.611. The van der Waals surface area contributed by atoms with Crippen molar-refractivity contribution in [3.8, 4) is 0 Å². The Bertz CT molecular complexity index is 528. The van der Waals surface area contributed by atoms with Gasteiger partial charge in [0, 0.05) is 36.6 Å². The highest BCUT2D eigenvalue weighted by Crippen LogP contribution is 2.24. The van der Waals surface area contributed by atoms with Gasteiger partial charge in [-0.3, -0.25) is 0 Å². The fourth-order valence-electron chi connectivity index (χ4n) is 3.09. The second-order valence-corrected chi connectivity index (χ2v) is 7.85. The van der Waals surface area contributed by atoms with Crippen LogP contribution < -0.4 is 5.32 Å². The van der Waals surface area contributed by atoms with Gasteiger partial charge in [0.05, 0.1) is 0 Å². The zero-order valence-corrected chi connectivity index (χ0v) is 15.4. The summed E-state index contributed by atoms with van der Waals surface area (Å²) in [6.07, 6.45) is 1.09. The smallest absolute Gasteiger partial charge is 0.317 e. The quantitative estimate of drug-likeness (QED) is 0.895. The first-order valence-corrected chi connectivity index (χ1v) is 8.59. The monoisotopic (exact) mass is 337 g/mol. The molecule has 2 amide bonds. The molecule has 1 saturated heterocycles. The van der Waals surface area contributed by atoms with E-state index < -0.39 is 0 Å². The van der Waals surface area contributed by atoms with Gasteiger partial charge in [-0.25, -0.2) is 4.79 Å². The van der Waals surface area contributed by atoms with E-state index in [1.54, 1.807) is 0 Å². The van der Waals surface area contributed by atoms with Crippen LogP contribution in [0.25, 0.3) is 0 Å². The van der Waals surface area contributed by atoms with E-state index >= 15 is 0 Å². The Morgan fingerprint density at radius 1 is 1.35 bits per heavy atom. The van der Waals surface area contributed by atoms with Crippen LogP contribution in [0.2, 0.25) is 5.02 Å². The predicted octanol–water partition coefficient (Wildman–Crippen LogP) is 3.21. The highest BCUT2D eigenvalue weighted by molar-refractivity contribution is 6.30. The Kier molecular flexibility index (Phi) is 5.93. The number of nitrogens with one attached hydrogen (secondary N) is 1. The number of carbonyl (C=O) groups is 1. The minimum absolute atomic E-state index is 0.0493. The summed E-state index contributed by atoms with van der Waals surface area (Å²) in [4.78, 5) is 16.5. The molecule has 4 nitrogen and oxygen atoms in total. The predicted molar refractivity (Wildman–Crippen MR) is 96.1 cm³/mol. The van der Waals surface area contributed by atoms with E-state index in [0.717, 1.165) is 31.1 Å². The van der Waals surface area contributed by atoms with Gasteiger partial charge in [0.25, 0.3) is 0 Å². The lowest BCUT2D eigenvalue weighted by Gasteiger charge is -2.27. The van der Waals surface area contributed by atoms with Crippen molar-refractivity contribution in [3.63, 3.8) is 0 Å². The van der Waals surface area contributed by atoms with Crippen molar-refractivity contribution in [1.82, 2.24) is 15.1 Å². The van der Waals surface area contributed by atoms with Gasteiger partial charge >= 0.3 is 6.03 Å². The van der Waals surface area contributed by atoms with E-state index in [4.69, 9.17) is 11.6 Å². The maximum absolute atomic E-state index is 12.4. The average Bonchev–Trinajstić information content (AvgIpc) is 2.93. The van der Waals surface area contributed by atoms with Crippen LogP contribution in [0.4, 0.5) is 4.79 Å². The van der Waals surface area contributed by atoms with Crippen LogP contribution in [-0.2, 0) is 5.41 Å². The molecule has 0 radical (unpaired) electrons. The van der Waals surface area contributed by atoms with Crippen LogP contribution in [0.1, 0.15) is 25.8 Å². The van der Waals surface area contributed by atoms with Gasteiger partial charge in [0.2, 0.25) is 0 Å². The summed E-state index contributed by atoms with van der Waals surface area (Å²) < 4.78 is 0. The molecule has 1 heterocycles. The van der Waals surface area contributed by atoms with E-state index in [9.17, 15) is 4.79 Å². The minimum atomic E-state index is -0.122. The number of likely N-dealkylation sites (tertiary alicyclic amines) is 1. The number of nitrogens with zero attached hydrogens (tertiary/aromatic N) is 2. The summed E-state index contributed by atoms with van der Waals surface area (Å²) >= 11 is 5.95. The molecule has 1 aliphatic heterocycles. The average molecular weight is 338 g/mol. The first-order valence-electron chi connectivity index (χ1n) is 8.21. The number of halogens is 1. The van der Waals surface area contributed by atoms with E-state index in [0.29, 0.717) is 12.5 Å². The van der Waals surface area contributed by atoms with Crippen molar-refractivity contribution >= 4 is 17.6 Å². The molecule has 1 aromatic carbocycles. The van der Waals surface area contributed by atoms with Crippen LogP contribution in [0.15, 0.2) is 24.3 Å². The summed E-state index contributed by atoms with van der Waals surface area (Å²) in [6, 6.07) is 7.89. The van der Waals surface area contributed by atoms with Gasteiger partial charge in [-0.15, -0.1) is 0 Å². The highest BCUT2D eigenvalue weighted by atomic mass is 35.5. The van der Waals surface area contributed by atoms with Crippen molar-refractivity contribution < 1.29 is 4.79 Å². The molecule has 2 rings (SSSR count). The third-order valence-electron chi connectivity index (χ3n) is 4.50. The number of hydrogen-bond donors (Lipinski definition) is 1. The first kappa shape index (κ1) is 18.1. The number of rotatable bonds is 5. The molecule has 1 aliphatic rings. The van der Waals surface area contributed by atoms with Gasteiger partial charge in [-0.2, -0.15) is 0 Å². The van der Waals surface area contributed by atoms with E-state index in [1.165, 1.54) is 5.56 Å². The molecule has 128 valence electrons. The Morgan fingerprint density at radius 2 is 2.00 bits per heavy atom. The van der Waals surface area contributed by atoms with Crippen molar-refractivity contribution in [1.29, 1.82) is 0 Å². The molecule has 0 saturated carbocycles. The van der Waals surface area contributed by atoms with Crippen LogP contribution in [0.5, 0.6) is 0 Å². The summed E-state index contributed by atoms with van der Waals surface area (Å²) in [7, 11) is 4.16. The number of amides is 2. The van der Waals surface area contributed by atoms with Crippen molar-refractivity contribution in [2.45, 2.75) is 25.7 Å². The van der Waals surface area contributed by atoms with Crippen molar-refractivity contribution in [2.75, 3.05) is 40.3 Å². The first-order chi connectivity index (χ1) is 10.8. The van der Waals surface area contributed by atoms with Crippen molar-refractivity contribution in [2.24, 2.45) is 5.92 Å². The molecule has 5 heteroatoms. The largest absolute Gasteiger partial charge is 0.337 e. The van der Waals surface area contributed by atoms with E-state index in [1.807, 2.05) is 29.2 Å². The summed E-state index contributed by atoms with van der Waals surface area (Å²) in [5.74, 6) is 0.583. The summed E-state index contributed by atoms with van der Waals surface area (Å²) in [5, 5.41) is 3.83. The van der Waals surface area contributed by atoms with Gasteiger partial charge in [0.15, 0.2) is 0 Å². The lowest BCUT2D eigenvalue weighted by atomic mass is 9.85. The van der Waals surface area contributed by atoms with E-state index in [-0.39, 0.29) is 11.4 Å². The second kappa shape index (κ2) is 7.54. The van der Waals surface area contributed by atoms with Gasteiger partial charge in [-0.05, 0) is 44.1 Å². The number of benzene rings is 1. The van der Waals surface area contributed by atoms with Crippen molar-refractivity contribution in [3.05, 3.63) is 34.9 Å². The lowest BCUT2D eigenvalue weighted by molar-refractivity contribution is 0.203. The molecule has 0 aliphatic carbocycles. The molecule has 0 bridgehead atoms. The summed E-state index contributed by atoms with van der Waals surface area (Å²) in [6.45, 7) is 7.63. The topological polar surface area (TPSA) is 35.6 Å². The lowest BCUT2D eigenvalue weighted by Crippen LogP contribution is -2.44. The molecule has 1 fully saturated rings. The third kappa shape index (κ3) is 5.11. The van der Waals surface area contributed by atoms with Gasteiger partial charge in [0.1, 0.15) is 0 Å². The molecule has 1 aromatic rings. The maximum atomic E-state index is 12.4. The number of carbonyl (C=O) groups excluding carboxylic acids is 1. The van der Waals surface area contributed by atoms with Gasteiger partial charge in [-0.1, -0.05) is 37.6 Å². The van der Waals surface area contributed by atoms with E-state index in [2.05, 4.69) is 38.2 Å². The Balaban J connectivity index is 1.85. The zero-order valence-electron chi connectivity index (χ0n) is 14.6. The number of hydrogen-bond acceptors (Lipinski definition) is 2. The SMILES string of the molecule is CN(C)C[C@H]1CCN(C(=O)NCC(C)(C)c2ccc(Cl)cc2)C1. The van der Waals surface area contributed by atoms with Crippen LogP contribution in [0, 0.1) is 5.92 Å². The van der Waals surface area contributed by atoms with Gasteiger partial charge < -0.3 is 15.1 Å². The molecule has 1 atom stereocenters. The Hall–Kier alpha value is -1.26. The Morgan fingerprint density at radius 3 is 2.61 bits per heavy atom. The zero-order chi connectivity index (χ0) is 17.0. The molecule has 0 spiro atoms. The highest BCUT2D eigenvalue weighted by Gasteiger charge is 2.28. The van der Waals surface area contributed by atoms with Crippen LogP contribution in [0.3, 0.4) is 0 Å². The van der Waals surface area contributed by atoms with Crippen LogP contribution in [-0.4, -0.2) is 56.1 Å². The Labute approximate surface area is 144 Å².